The van der Waals surface area contributed by atoms with Gasteiger partial charge in [-0.15, -0.1) is 20.4 Å². The molecule has 0 N–H and O–H groups in total. The van der Waals surface area contributed by atoms with Gasteiger partial charge in [-0.05, 0) is 20.9 Å². The van der Waals surface area contributed by atoms with Gasteiger partial charge >= 0.3 is 59.1 Å². The van der Waals surface area contributed by atoms with Crippen LogP contribution in [0.15, 0.2) is 12.4 Å². The molecule has 0 bridgehead atoms. The van der Waals surface area contributed by atoms with Crippen molar-refractivity contribution in [2.75, 3.05) is 0 Å². The summed E-state index contributed by atoms with van der Waals surface area (Å²) in [5, 5.41) is 44.3. The summed E-state index contributed by atoms with van der Waals surface area (Å²) in [4.78, 5) is 19.8. The molecule has 0 aliphatic heterocycles. The van der Waals surface area contributed by atoms with Crippen molar-refractivity contribution in [3.05, 3.63) is 23.8 Å². The molecule has 0 amide bonds. The van der Waals surface area contributed by atoms with Gasteiger partial charge in [0.15, 0.2) is 0 Å². The number of carbonyl (C=O) groups excluding carboxylic acids is 2. The number of aromatic nitrogens is 8. The van der Waals surface area contributed by atoms with Crippen LogP contribution in [0.1, 0.15) is 21.0 Å². The Morgan fingerprint density at radius 2 is 1.10 bits per heavy atom. The van der Waals surface area contributed by atoms with Gasteiger partial charge in [-0.25, -0.2) is 0 Å². The predicted octanol–water partition coefficient (Wildman–Crippen LogP) is -10.7. The first-order valence-electron chi connectivity index (χ1n) is 4.06. The molecule has 20 heavy (non-hydrogen) atoms. The predicted molar refractivity (Wildman–Crippen MR) is 43.9 cm³/mol. The smallest absolute Gasteiger partial charge is 0.543 e. The Morgan fingerprint density at radius 1 is 0.750 bits per heavy atom. The number of hydrogen-bond acceptors (Lipinski definition) is 12. The zero-order valence-corrected chi connectivity index (χ0v) is 14.4. The molecule has 0 saturated heterocycles. The van der Waals surface area contributed by atoms with Gasteiger partial charge in [-0.1, -0.05) is 0 Å². The van der Waals surface area contributed by atoms with E-state index < -0.39 is 11.9 Å². The molecule has 12 nitrogen and oxygen atoms in total. The molecule has 0 atom stereocenters. The standard InChI is InChI=1S/2C3H2N4O2.2Na/c2*8-3(9)2-1-4-6-7-5-2;;/h2*1H,(H,8,9);;/q;;2*+1/p-2. The molecular weight excluding hydrogens is 294 g/mol. The van der Waals surface area contributed by atoms with Gasteiger partial charge in [0.2, 0.25) is 0 Å². The largest absolute Gasteiger partial charge is 1.00 e. The maximum Gasteiger partial charge on any atom is 1.00 e. The fourth-order valence-electron chi connectivity index (χ4n) is 0.582. The molecule has 0 saturated carbocycles. The van der Waals surface area contributed by atoms with E-state index in [1.165, 1.54) is 0 Å². The van der Waals surface area contributed by atoms with Crippen LogP contribution in [0.2, 0.25) is 0 Å². The van der Waals surface area contributed by atoms with Crippen LogP contribution in [-0.4, -0.2) is 53.2 Å². The summed E-state index contributed by atoms with van der Waals surface area (Å²) in [6.07, 6.45) is 1.92. The van der Waals surface area contributed by atoms with Gasteiger partial charge in [0.1, 0.15) is 11.4 Å². The van der Waals surface area contributed by atoms with Crippen LogP contribution in [0.25, 0.3) is 0 Å². The molecule has 0 aliphatic carbocycles. The molecule has 92 valence electrons. The third-order valence-electron chi connectivity index (χ3n) is 1.27. The van der Waals surface area contributed by atoms with E-state index in [0.29, 0.717) is 0 Å². The number of nitrogens with zero attached hydrogens (tertiary/aromatic N) is 8. The molecule has 2 heterocycles. The minimum Gasteiger partial charge on any atom is -0.543 e. The molecule has 0 aliphatic rings. The van der Waals surface area contributed by atoms with Gasteiger partial charge in [0.05, 0.1) is 24.3 Å². The molecule has 14 heteroatoms. The monoisotopic (exact) mass is 296 g/mol. The van der Waals surface area contributed by atoms with E-state index in [-0.39, 0.29) is 70.5 Å². The van der Waals surface area contributed by atoms with E-state index in [1.807, 2.05) is 0 Å². The Labute approximate surface area is 155 Å². The quantitative estimate of drug-likeness (QED) is 0.477. The Balaban J connectivity index is 0. The van der Waals surface area contributed by atoms with Crippen molar-refractivity contribution in [1.29, 1.82) is 0 Å². The van der Waals surface area contributed by atoms with E-state index in [4.69, 9.17) is 0 Å². The summed E-state index contributed by atoms with van der Waals surface area (Å²) in [5.74, 6) is -2.81. The molecule has 2 aromatic heterocycles. The van der Waals surface area contributed by atoms with Gasteiger partial charge in [-0.3, -0.25) is 0 Å². The van der Waals surface area contributed by atoms with Crippen LogP contribution in [-0.2, 0) is 0 Å². The Bertz CT molecular complexity index is 480. The molecule has 0 radical (unpaired) electrons. The second kappa shape index (κ2) is 11.6. The first-order chi connectivity index (χ1) is 8.61. The second-order valence-corrected chi connectivity index (χ2v) is 2.39. The van der Waals surface area contributed by atoms with Crippen LogP contribution >= 0.6 is 0 Å². The molecular formula is C6H2N8Na2O4. The van der Waals surface area contributed by atoms with Crippen molar-refractivity contribution in [2.24, 2.45) is 0 Å². The van der Waals surface area contributed by atoms with E-state index in [1.54, 1.807) is 0 Å². The average Bonchev–Trinajstić information content (AvgIpc) is 2.41. The SMILES string of the molecule is O=C([O-])c1cnnnn1.O=C([O-])c1cnnnn1.[Na+].[Na+]. The van der Waals surface area contributed by atoms with E-state index in [0.717, 1.165) is 12.4 Å². The Hall–Kier alpha value is -1.18. The van der Waals surface area contributed by atoms with Crippen LogP contribution in [0.5, 0.6) is 0 Å². The minimum absolute atomic E-state index is 0. The first-order valence-corrected chi connectivity index (χ1v) is 4.06. The third-order valence-corrected chi connectivity index (χ3v) is 1.27. The fraction of sp³-hybridized carbons (Fsp3) is 0. The van der Waals surface area contributed by atoms with Crippen LogP contribution < -0.4 is 69.3 Å². The van der Waals surface area contributed by atoms with E-state index in [2.05, 4.69) is 41.2 Å². The van der Waals surface area contributed by atoms with Gasteiger partial charge in [-0.2, -0.15) is 0 Å². The van der Waals surface area contributed by atoms with Gasteiger partial charge in [0, 0.05) is 0 Å². The number of carboxylic acids is 2. The van der Waals surface area contributed by atoms with Crippen molar-refractivity contribution in [3.63, 3.8) is 0 Å². The van der Waals surface area contributed by atoms with Crippen molar-refractivity contribution in [3.8, 4) is 0 Å². The first kappa shape index (κ1) is 21.1. The summed E-state index contributed by atoms with van der Waals surface area (Å²) in [6, 6.07) is 0. The zero-order chi connectivity index (χ0) is 13.4. The second-order valence-electron chi connectivity index (χ2n) is 2.39. The Kier molecular flexibility index (Phi) is 12.3. The Morgan fingerprint density at radius 3 is 1.25 bits per heavy atom. The summed E-state index contributed by atoms with van der Waals surface area (Å²) in [7, 11) is 0. The molecule has 0 spiro atoms. The average molecular weight is 296 g/mol. The van der Waals surface area contributed by atoms with Crippen molar-refractivity contribution in [2.45, 2.75) is 0 Å². The third kappa shape index (κ3) is 8.08. The van der Waals surface area contributed by atoms with Gasteiger partial charge < -0.3 is 19.8 Å². The van der Waals surface area contributed by atoms with Gasteiger partial charge in [0.25, 0.3) is 0 Å². The number of aromatic carboxylic acids is 2. The minimum atomic E-state index is -1.41. The normalized spacial score (nSPS) is 8.00. The number of hydrogen-bond donors (Lipinski definition) is 0. The van der Waals surface area contributed by atoms with Crippen LogP contribution in [0.3, 0.4) is 0 Å². The van der Waals surface area contributed by atoms with E-state index in [9.17, 15) is 19.8 Å². The molecule has 2 aromatic rings. The topological polar surface area (TPSA) is 183 Å². The summed E-state index contributed by atoms with van der Waals surface area (Å²) >= 11 is 0. The fourth-order valence-corrected chi connectivity index (χ4v) is 0.582. The maximum absolute atomic E-state index is 9.92. The number of carbonyl (C=O) groups is 2. The van der Waals surface area contributed by atoms with E-state index >= 15 is 0 Å². The zero-order valence-electron chi connectivity index (χ0n) is 10.4. The van der Waals surface area contributed by atoms with Crippen molar-refractivity contribution in [1.82, 2.24) is 41.2 Å². The van der Waals surface area contributed by atoms with Crippen LogP contribution in [0, 0.1) is 0 Å². The summed E-state index contributed by atoms with van der Waals surface area (Å²) < 4.78 is 0. The number of rotatable bonds is 2. The summed E-state index contributed by atoms with van der Waals surface area (Å²) in [6.45, 7) is 0. The molecule has 2 rings (SSSR count). The molecule has 0 unspecified atom stereocenters. The van der Waals surface area contributed by atoms with Crippen LogP contribution in [0.4, 0.5) is 0 Å². The number of carboxylic acid groups (broad SMARTS) is 2. The summed E-state index contributed by atoms with van der Waals surface area (Å²) in [5.41, 5.74) is -0.630. The molecule has 0 fully saturated rings. The van der Waals surface area contributed by atoms with Crippen molar-refractivity contribution >= 4 is 11.9 Å². The molecule has 0 aromatic carbocycles. The van der Waals surface area contributed by atoms with Crippen molar-refractivity contribution < 1.29 is 78.9 Å². The maximum atomic E-state index is 9.92.